The van der Waals surface area contributed by atoms with Crippen LogP contribution in [0.1, 0.15) is 15.9 Å². The van der Waals surface area contributed by atoms with Gasteiger partial charge in [-0.2, -0.15) is 0 Å². The minimum Gasteiger partial charge on any atom is -0.322 e. The summed E-state index contributed by atoms with van der Waals surface area (Å²) in [6, 6.07) is 11.4. The summed E-state index contributed by atoms with van der Waals surface area (Å²) in [6.07, 6.45) is 0. The number of hydrogen-bond donors (Lipinski definition) is 1. The monoisotopic (exact) mass is 385 g/mol. The molecule has 2 aromatic carbocycles. The van der Waals surface area contributed by atoms with Crippen molar-refractivity contribution in [2.75, 3.05) is 5.32 Å². The van der Waals surface area contributed by atoms with E-state index in [1.165, 1.54) is 18.2 Å². The normalized spacial score (nSPS) is 10.3. The van der Waals surface area contributed by atoms with E-state index in [0.717, 1.165) is 10.9 Å². The first-order valence-corrected chi connectivity index (χ1v) is 7.43. The number of halogens is 3. The Hall–Kier alpha value is -1.20. The highest BCUT2D eigenvalue weighted by molar-refractivity contribution is 9.10. The van der Waals surface area contributed by atoms with E-state index >= 15 is 0 Å². The molecular weight excluding hydrogens is 377 g/mol. The zero-order valence-corrected chi connectivity index (χ0v) is 13.0. The van der Waals surface area contributed by atoms with Crippen LogP contribution in [-0.2, 0) is 5.33 Å². The van der Waals surface area contributed by atoms with Crippen molar-refractivity contribution in [3.05, 3.63) is 63.9 Å². The predicted octanol–water partition coefficient (Wildman–Crippen LogP) is 4.74. The summed E-state index contributed by atoms with van der Waals surface area (Å²) in [5.41, 5.74) is 2.06. The van der Waals surface area contributed by atoms with Crippen LogP contribution in [0.3, 0.4) is 0 Å². The highest BCUT2D eigenvalue weighted by Gasteiger charge is 2.11. The molecule has 0 aliphatic carbocycles. The minimum atomic E-state index is -0.442. The number of rotatable bonds is 3. The molecule has 2 aromatic rings. The maximum atomic E-state index is 13.1. The standard InChI is InChI=1S/C14H10Br2FNO/c15-8-9-1-4-11(5-2-9)18-14(19)12-7-10(17)3-6-13(12)16/h1-7H,8H2,(H,18,19). The van der Waals surface area contributed by atoms with Gasteiger partial charge in [-0.15, -0.1) is 0 Å². The van der Waals surface area contributed by atoms with Gasteiger partial charge in [0.15, 0.2) is 0 Å². The molecule has 19 heavy (non-hydrogen) atoms. The van der Waals surface area contributed by atoms with Crippen molar-refractivity contribution in [3.63, 3.8) is 0 Å². The lowest BCUT2D eigenvalue weighted by atomic mass is 10.2. The molecule has 98 valence electrons. The summed E-state index contributed by atoms with van der Waals surface area (Å²) >= 11 is 6.59. The molecular formula is C14H10Br2FNO. The minimum absolute atomic E-state index is 0.268. The Kier molecular flexibility index (Phi) is 4.71. The van der Waals surface area contributed by atoms with Gasteiger partial charge >= 0.3 is 0 Å². The van der Waals surface area contributed by atoms with Crippen molar-refractivity contribution >= 4 is 43.5 Å². The SMILES string of the molecule is O=C(Nc1ccc(CBr)cc1)c1cc(F)ccc1Br. The Bertz CT molecular complexity index is 599. The molecule has 0 saturated heterocycles. The van der Waals surface area contributed by atoms with E-state index in [4.69, 9.17) is 0 Å². The average molecular weight is 387 g/mol. The maximum absolute atomic E-state index is 13.1. The molecule has 0 spiro atoms. The zero-order chi connectivity index (χ0) is 13.8. The molecule has 0 aliphatic rings. The van der Waals surface area contributed by atoms with Gasteiger partial charge in [0.05, 0.1) is 5.56 Å². The van der Waals surface area contributed by atoms with Crippen LogP contribution in [0, 0.1) is 5.82 Å². The number of carbonyl (C=O) groups excluding carboxylic acids is 1. The maximum Gasteiger partial charge on any atom is 0.256 e. The first-order chi connectivity index (χ1) is 9.10. The van der Waals surface area contributed by atoms with Crippen LogP contribution < -0.4 is 5.32 Å². The van der Waals surface area contributed by atoms with Crippen molar-refractivity contribution in [1.29, 1.82) is 0 Å². The lowest BCUT2D eigenvalue weighted by Crippen LogP contribution is -2.12. The van der Waals surface area contributed by atoms with Crippen LogP contribution in [0.25, 0.3) is 0 Å². The highest BCUT2D eigenvalue weighted by atomic mass is 79.9. The second-order valence-electron chi connectivity index (χ2n) is 3.91. The summed E-state index contributed by atoms with van der Waals surface area (Å²) in [5.74, 6) is -0.791. The highest BCUT2D eigenvalue weighted by Crippen LogP contribution is 2.20. The smallest absolute Gasteiger partial charge is 0.256 e. The third-order valence-corrected chi connectivity index (χ3v) is 3.88. The molecule has 1 amide bonds. The molecule has 0 atom stereocenters. The molecule has 2 rings (SSSR count). The molecule has 0 radical (unpaired) electrons. The van der Waals surface area contributed by atoms with Crippen molar-refractivity contribution in [2.24, 2.45) is 0 Å². The molecule has 0 fully saturated rings. The lowest BCUT2D eigenvalue weighted by molar-refractivity contribution is 0.102. The first-order valence-electron chi connectivity index (χ1n) is 5.51. The third-order valence-electron chi connectivity index (χ3n) is 2.54. The molecule has 0 saturated carbocycles. The zero-order valence-electron chi connectivity index (χ0n) is 9.79. The number of carbonyl (C=O) groups is 1. The van der Waals surface area contributed by atoms with Crippen LogP contribution in [0.2, 0.25) is 0 Å². The topological polar surface area (TPSA) is 29.1 Å². The number of alkyl halides is 1. The fraction of sp³-hybridized carbons (Fsp3) is 0.0714. The van der Waals surface area contributed by atoms with Crippen LogP contribution in [0.5, 0.6) is 0 Å². The van der Waals surface area contributed by atoms with Gasteiger partial charge in [0.2, 0.25) is 0 Å². The van der Waals surface area contributed by atoms with E-state index in [0.29, 0.717) is 10.2 Å². The molecule has 0 aliphatic heterocycles. The Morgan fingerprint density at radius 3 is 2.47 bits per heavy atom. The Balaban J connectivity index is 2.18. The van der Waals surface area contributed by atoms with Crippen molar-refractivity contribution in [3.8, 4) is 0 Å². The number of amides is 1. The van der Waals surface area contributed by atoms with E-state index < -0.39 is 5.82 Å². The third kappa shape index (κ3) is 3.64. The molecule has 2 nitrogen and oxygen atoms in total. The summed E-state index contributed by atoms with van der Waals surface area (Å²) in [6.45, 7) is 0. The van der Waals surface area contributed by atoms with Crippen LogP contribution >= 0.6 is 31.9 Å². The molecule has 0 bridgehead atoms. The number of benzene rings is 2. The van der Waals surface area contributed by atoms with E-state index in [2.05, 4.69) is 37.2 Å². The first kappa shape index (κ1) is 14.2. The molecule has 0 aromatic heterocycles. The Morgan fingerprint density at radius 2 is 1.84 bits per heavy atom. The van der Waals surface area contributed by atoms with Crippen LogP contribution in [0.15, 0.2) is 46.9 Å². The summed E-state index contributed by atoms with van der Waals surface area (Å²) in [5, 5.41) is 3.49. The summed E-state index contributed by atoms with van der Waals surface area (Å²) in [7, 11) is 0. The van der Waals surface area contributed by atoms with Gasteiger partial charge in [0.1, 0.15) is 5.82 Å². The number of anilines is 1. The average Bonchev–Trinajstić information content (AvgIpc) is 2.42. The second-order valence-corrected chi connectivity index (χ2v) is 5.32. The number of nitrogens with one attached hydrogen (secondary N) is 1. The van der Waals surface area contributed by atoms with Gasteiger partial charge in [-0.3, -0.25) is 4.79 Å². The summed E-state index contributed by atoms with van der Waals surface area (Å²) < 4.78 is 13.7. The van der Waals surface area contributed by atoms with E-state index in [-0.39, 0.29) is 11.5 Å². The van der Waals surface area contributed by atoms with Crippen molar-refractivity contribution in [1.82, 2.24) is 0 Å². The lowest BCUT2D eigenvalue weighted by Gasteiger charge is -2.07. The fourth-order valence-electron chi connectivity index (χ4n) is 1.55. The van der Waals surface area contributed by atoms with Gasteiger partial charge in [-0.1, -0.05) is 28.1 Å². The molecule has 1 N–H and O–H groups in total. The second kappa shape index (κ2) is 6.30. The molecule has 0 heterocycles. The van der Waals surface area contributed by atoms with Crippen molar-refractivity contribution in [2.45, 2.75) is 5.33 Å². The largest absolute Gasteiger partial charge is 0.322 e. The van der Waals surface area contributed by atoms with Gasteiger partial charge in [0.25, 0.3) is 5.91 Å². The molecule has 0 unspecified atom stereocenters. The van der Waals surface area contributed by atoms with Gasteiger partial charge in [-0.05, 0) is 51.8 Å². The fourth-order valence-corrected chi connectivity index (χ4v) is 2.35. The van der Waals surface area contributed by atoms with E-state index in [1.807, 2.05) is 24.3 Å². The number of hydrogen-bond acceptors (Lipinski definition) is 1. The Morgan fingerprint density at radius 1 is 1.16 bits per heavy atom. The molecule has 5 heteroatoms. The predicted molar refractivity (Wildman–Crippen MR) is 81.1 cm³/mol. The van der Waals surface area contributed by atoms with Crippen LogP contribution in [0.4, 0.5) is 10.1 Å². The summed E-state index contributed by atoms with van der Waals surface area (Å²) in [4.78, 5) is 12.0. The van der Waals surface area contributed by atoms with E-state index in [9.17, 15) is 9.18 Å². The van der Waals surface area contributed by atoms with Crippen LogP contribution in [-0.4, -0.2) is 5.91 Å². The van der Waals surface area contributed by atoms with E-state index in [1.54, 1.807) is 0 Å². The van der Waals surface area contributed by atoms with Gasteiger partial charge < -0.3 is 5.32 Å². The van der Waals surface area contributed by atoms with Crippen molar-refractivity contribution < 1.29 is 9.18 Å². The van der Waals surface area contributed by atoms with Gasteiger partial charge in [0, 0.05) is 15.5 Å². The Labute approximate surface area is 127 Å². The van der Waals surface area contributed by atoms with Gasteiger partial charge in [-0.25, -0.2) is 4.39 Å². The quantitative estimate of drug-likeness (QED) is 0.758.